The highest BCUT2D eigenvalue weighted by Gasteiger charge is 2.28. The number of halogens is 1. The van der Waals surface area contributed by atoms with Crippen LogP contribution in [0.15, 0.2) is 12.3 Å². The molecule has 1 atom stereocenters. The number of nitrogens with one attached hydrogen (secondary N) is 2. The van der Waals surface area contributed by atoms with Crippen molar-refractivity contribution >= 4 is 38.3 Å². The van der Waals surface area contributed by atoms with E-state index >= 15 is 0 Å². The van der Waals surface area contributed by atoms with E-state index in [0.29, 0.717) is 17.9 Å². The van der Waals surface area contributed by atoms with Crippen LogP contribution in [0.4, 0.5) is 5.82 Å². The summed E-state index contributed by atoms with van der Waals surface area (Å²) >= 11 is 5.82. The third-order valence-electron chi connectivity index (χ3n) is 2.96. The van der Waals surface area contributed by atoms with Crippen LogP contribution in [0.1, 0.15) is 6.42 Å². The van der Waals surface area contributed by atoms with Gasteiger partial charge in [0.2, 0.25) is 5.28 Å². The van der Waals surface area contributed by atoms with E-state index in [9.17, 15) is 8.42 Å². The fourth-order valence-corrected chi connectivity index (χ4v) is 3.97. The van der Waals surface area contributed by atoms with Gasteiger partial charge in [0, 0.05) is 12.2 Å². The Kier molecular flexibility index (Phi) is 2.67. The minimum atomic E-state index is -2.91. The number of hydrogen-bond donors (Lipinski definition) is 2. The Balaban J connectivity index is 1.93. The summed E-state index contributed by atoms with van der Waals surface area (Å²) in [5.41, 5.74) is 0.637. The number of aromatic nitrogens is 3. The highest BCUT2D eigenvalue weighted by atomic mass is 35.5. The van der Waals surface area contributed by atoms with Crippen molar-refractivity contribution in [2.45, 2.75) is 12.5 Å². The van der Waals surface area contributed by atoms with E-state index in [2.05, 4.69) is 20.3 Å². The number of hydrogen-bond acceptors (Lipinski definition) is 5. The first kappa shape index (κ1) is 11.7. The predicted octanol–water partition coefficient (Wildman–Crippen LogP) is 1.21. The molecular weight excluding hydrogens is 276 g/mol. The Morgan fingerprint density at radius 1 is 1.44 bits per heavy atom. The van der Waals surface area contributed by atoms with Crippen molar-refractivity contribution in [1.29, 1.82) is 0 Å². The molecule has 3 rings (SSSR count). The summed E-state index contributed by atoms with van der Waals surface area (Å²) in [6, 6.07) is 1.72. The molecule has 0 bridgehead atoms. The van der Waals surface area contributed by atoms with Gasteiger partial charge in [-0.3, -0.25) is 0 Å². The molecule has 0 saturated carbocycles. The fourth-order valence-electron chi connectivity index (χ4n) is 2.13. The largest absolute Gasteiger partial charge is 0.366 e. The number of sulfone groups is 1. The molecule has 2 aromatic heterocycles. The number of nitrogens with zero attached hydrogens (tertiary/aromatic N) is 2. The average Bonchev–Trinajstić information content (AvgIpc) is 2.84. The molecule has 96 valence electrons. The Hall–Kier alpha value is -1.34. The molecule has 1 fully saturated rings. The zero-order chi connectivity index (χ0) is 12.8. The van der Waals surface area contributed by atoms with E-state index in [1.165, 1.54) is 0 Å². The van der Waals surface area contributed by atoms with Gasteiger partial charge < -0.3 is 10.3 Å². The van der Waals surface area contributed by atoms with Gasteiger partial charge in [-0.25, -0.2) is 13.4 Å². The summed E-state index contributed by atoms with van der Waals surface area (Å²) in [6.45, 7) is 0. The summed E-state index contributed by atoms with van der Waals surface area (Å²) in [5, 5.41) is 4.07. The zero-order valence-corrected chi connectivity index (χ0v) is 10.9. The molecule has 0 amide bonds. The molecule has 8 heteroatoms. The molecule has 18 heavy (non-hydrogen) atoms. The molecule has 3 heterocycles. The number of anilines is 1. The van der Waals surface area contributed by atoms with E-state index in [4.69, 9.17) is 11.6 Å². The van der Waals surface area contributed by atoms with Gasteiger partial charge in [-0.1, -0.05) is 0 Å². The minimum Gasteiger partial charge on any atom is -0.366 e. The van der Waals surface area contributed by atoms with Crippen LogP contribution in [0.3, 0.4) is 0 Å². The molecule has 1 aliphatic rings. The van der Waals surface area contributed by atoms with Crippen LogP contribution in [0.2, 0.25) is 5.28 Å². The van der Waals surface area contributed by atoms with Crippen molar-refractivity contribution in [2.24, 2.45) is 0 Å². The van der Waals surface area contributed by atoms with Gasteiger partial charge in [-0.15, -0.1) is 0 Å². The lowest BCUT2D eigenvalue weighted by Gasteiger charge is -2.12. The van der Waals surface area contributed by atoms with Gasteiger partial charge >= 0.3 is 0 Å². The van der Waals surface area contributed by atoms with E-state index in [1.54, 1.807) is 6.20 Å². The van der Waals surface area contributed by atoms with E-state index < -0.39 is 9.84 Å². The van der Waals surface area contributed by atoms with Crippen molar-refractivity contribution < 1.29 is 8.42 Å². The monoisotopic (exact) mass is 286 g/mol. The first-order valence-corrected chi connectivity index (χ1v) is 7.71. The van der Waals surface area contributed by atoms with Crippen LogP contribution in [-0.2, 0) is 9.84 Å². The molecule has 0 radical (unpaired) electrons. The van der Waals surface area contributed by atoms with Crippen LogP contribution in [0, 0.1) is 0 Å². The summed E-state index contributed by atoms with van der Waals surface area (Å²) in [7, 11) is -2.91. The molecule has 1 aliphatic heterocycles. The van der Waals surface area contributed by atoms with Crippen molar-refractivity contribution in [2.75, 3.05) is 16.8 Å². The summed E-state index contributed by atoms with van der Waals surface area (Å²) in [4.78, 5) is 11.1. The van der Waals surface area contributed by atoms with E-state index in [0.717, 1.165) is 5.39 Å². The quantitative estimate of drug-likeness (QED) is 0.810. The Labute approximate surface area is 109 Å². The standard InChI is InChI=1S/C10H11ClN4O2S/c11-10-14-8-7(1-3-12-8)9(15-10)13-6-2-4-18(16,17)5-6/h1,3,6H,2,4-5H2,(H2,12,13,14,15). The van der Waals surface area contributed by atoms with E-state index in [-0.39, 0.29) is 22.8 Å². The number of rotatable bonds is 2. The van der Waals surface area contributed by atoms with Crippen LogP contribution >= 0.6 is 11.6 Å². The molecule has 1 unspecified atom stereocenters. The number of fused-ring (bicyclic) bond motifs is 1. The maximum Gasteiger partial charge on any atom is 0.226 e. The van der Waals surface area contributed by atoms with Gasteiger partial charge in [0.25, 0.3) is 0 Å². The van der Waals surface area contributed by atoms with Crippen LogP contribution in [-0.4, -0.2) is 40.9 Å². The average molecular weight is 287 g/mol. The molecule has 0 spiro atoms. The molecule has 6 nitrogen and oxygen atoms in total. The minimum absolute atomic E-state index is 0.112. The summed E-state index contributed by atoms with van der Waals surface area (Å²) in [6.07, 6.45) is 2.34. The first-order valence-electron chi connectivity index (χ1n) is 5.51. The third-order valence-corrected chi connectivity index (χ3v) is 4.90. The topological polar surface area (TPSA) is 87.7 Å². The summed E-state index contributed by atoms with van der Waals surface area (Å²) in [5.74, 6) is 0.939. The molecular formula is C10H11ClN4O2S. The Morgan fingerprint density at radius 2 is 2.28 bits per heavy atom. The highest BCUT2D eigenvalue weighted by molar-refractivity contribution is 7.91. The Bertz CT molecular complexity index is 697. The molecule has 0 aliphatic carbocycles. The van der Waals surface area contributed by atoms with Crippen LogP contribution in [0.25, 0.3) is 11.0 Å². The maximum atomic E-state index is 11.4. The van der Waals surface area contributed by atoms with Gasteiger partial charge in [0.05, 0.1) is 16.9 Å². The maximum absolute atomic E-state index is 11.4. The second kappa shape index (κ2) is 4.10. The molecule has 0 aromatic carbocycles. The van der Waals surface area contributed by atoms with Crippen molar-refractivity contribution in [3.05, 3.63) is 17.5 Å². The smallest absolute Gasteiger partial charge is 0.226 e. The van der Waals surface area contributed by atoms with Crippen molar-refractivity contribution in [1.82, 2.24) is 15.0 Å². The fraction of sp³-hybridized carbons (Fsp3) is 0.400. The second-order valence-electron chi connectivity index (χ2n) is 4.33. The van der Waals surface area contributed by atoms with Gasteiger partial charge in [0.15, 0.2) is 9.84 Å². The van der Waals surface area contributed by atoms with Gasteiger partial charge in [-0.2, -0.15) is 4.98 Å². The summed E-state index contributed by atoms with van der Waals surface area (Å²) < 4.78 is 22.8. The molecule has 2 N–H and O–H groups in total. The number of aromatic amines is 1. The SMILES string of the molecule is O=S1(=O)CCC(Nc2nc(Cl)nc3[nH]ccc23)C1. The third kappa shape index (κ3) is 2.15. The van der Waals surface area contributed by atoms with Gasteiger partial charge in [0.1, 0.15) is 11.5 Å². The normalized spacial score (nSPS) is 22.4. The van der Waals surface area contributed by atoms with Crippen LogP contribution in [0.5, 0.6) is 0 Å². The van der Waals surface area contributed by atoms with Crippen molar-refractivity contribution in [3.63, 3.8) is 0 Å². The van der Waals surface area contributed by atoms with E-state index in [1.807, 2.05) is 6.07 Å². The Morgan fingerprint density at radius 3 is 3.00 bits per heavy atom. The number of H-pyrrole nitrogens is 1. The molecule has 2 aromatic rings. The first-order chi connectivity index (χ1) is 8.53. The predicted molar refractivity (Wildman–Crippen MR) is 69.6 cm³/mol. The lowest BCUT2D eigenvalue weighted by atomic mass is 10.2. The highest BCUT2D eigenvalue weighted by Crippen LogP contribution is 2.24. The second-order valence-corrected chi connectivity index (χ2v) is 6.89. The lowest BCUT2D eigenvalue weighted by Crippen LogP contribution is -2.21. The zero-order valence-electron chi connectivity index (χ0n) is 9.35. The van der Waals surface area contributed by atoms with Gasteiger partial charge in [-0.05, 0) is 24.1 Å². The van der Waals surface area contributed by atoms with Crippen LogP contribution < -0.4 is 5.32 Å². The lowest BCUT2D eigenvalue weighted by molar-refractivity contribution is 0.602. The van der Waals surface area contributed by atoms with Crippen molar-refractivity contribution in [3.8, 4) is 0 Å². The molecule has 1 saturated heterocycles.